The maximum atomic E-state index is 10.7. The van der Waals surface area contributed by atoms with E-state index in [4.69, 9.17) is 0 Å². The zero-order chi connectivity index (χ0) is 21.3. The number of phenols is 1. The number of hydrogen-bond donors (Lipinski definition) is 2. The smallest absolute Gasteiger partial charge is 0.119 e. The van der Waals surface area contributed by atoms with E-state index in [0.29, 0.717) is 5.75 Å². The molecule has 2 nitrogen and oxygen atoms in total. The summed E-state index contributed by atoms with van der Waals surface area (Å²) < 4.78 is 0. The second-order valence-electron chi connectivity index (χ2n) is 10.7. The van der Waals surface area contributed by atoms with Crippen molar-refractivity contribution in [1.29, 1.82) is 0 Å². The fourth-order valence-corrected chi connectivity index (χ4v) is 6.07. The quantitative estimate of drug-likeness (QED) is 0.590. The Hall–Kier alpha value is -1.74. The van der Waals surface area contributed by atoms with Crippen molar-refractivity contribution < 1.29 is 5.11 Å². The van der Waals surface area contributed by atoms with E-state index in [1.165, 1.54) is 22.4 Å². The molecule has 0 aromatic heterocycles. The van der Waals surface area contributed by atoms with Crippen LogP contribution >= 0.6 is 0 Å². The van der Waals surface area contributed by atoms with Crippen molar-refractivity contribution in [2.75, 3.05) is 12.4 Å². The fraction of sp³-hybridized carbons (Fsp3) is 0.520. The van der Waals surface area contributed by atoms with Crippen LogP contribution in [-0.2, 0) is 17.3 Å². The first-order valence-electron chi connectivity index (χ1n) is 10.4. The van der Waals surface area contributed by atoms with Gasteiger partial charge in [0, 0.05) is 12.7 Å². The Morgan fingerprint density at radius 2 is 1.39 bits per heavy atom. The van der Waals surface area contributed by atoms with E-state index in [1.807, 2.05) is 13.1 Å². The first kappa shape index (κ1) is 22.5. The Bertz CT molecular complexity index is 808. The van der Waals surface area contributed by atoms with Crippen LogP contribution in [0.5, 0.6) is 5.75 Å². The summed E-state index contributed by atoms with van der Waals surface area (Å²) in [5, 5.41) is 15.4. The predicted octanol–water partition coefficient (Wildman–Crippen LogP) is 6.19. The van der Waals surface area contributed by atoms with Crippen molar-refractivity contribution in [1.82, 2.24) is 0 Å². The fourth-order valence-electron chi connectivity index (χ4n) is 3.82. The van der Waals surface area contributed by atoms with Crippen molar-refractivity contribution in [2.45, 2.75) is 77.9 Å². The molecule has 0 radical (unpaired) electrons. The number of hydrogen-bond acceptors (Lipinski definition) is 2. The van der Waals surface area contributed by atoms with Gasteiger partial charge >= 0.3 is 0 Å². The van der Waals surface area contributed by atoms with Crippen LogP contribution in [0.3, 0.4) is 0 Å². The van der Waals surface area contributed by atoms with Gasteiger partial charge in [0.2, 0.25) is 0 Å². The molecule has 0 fully saturated rings. The van der Waals surface area contributed by atoms with Crippen molar-refractivity contribution in [2.24, 2.45) is 0 Å². The summed E-state index contributed by atoms with van der Waals surface area (Å²) in [5.74, 6) is 0.431. The Balaban J connectivity index is 2.37. The van der Waals surface area contributed by atoms with Crippen LogP contribution in [0.2, 0.25) is 19.1 Å². The van der Waals surface area contributed by atoms with Gasteiger partial charge in [0.15, 0.2) is 0 Å². The number of phenolic OH excluding ortho intramolecular Hbond substituents is 1. The molecular weight excluding hydrogens is 358 g/mol. The molecule has 2 rings (SSSR count). The van der Waals surface area contributed by atoms with Crippen molar-refractivity contribution >= 4 is 18.9 Å². The number of anilines is 1. The first-order valence-corrected chi connectivity index (χ1v) is 13.6. The van der Waals surface area contributed by atoms with Gasteiger partial charge in [-0.25, -0.2) is 0 Å². The van der Waals surface area contributed by atoms with Crippen LogP contribution in [0.25, 0.3) is 0 Å². The van der Waals surface area contributed by atoms with Crippen LogP contribution in [0.4, 0.5) is 5.69 Å². The second-order valence-corrected chi connectivity index (χ2v) is 15.6. The number of aryl methyl sites for hydroxylation is 1. The minimum atomic E-state index is -1.55. The topological polar surface area (TPSA) is 32.3 Å². The van der Waals surface area contributed by atoms with Gasteiger partial charge in [-0.15, -0.1) is 0 Å². The maximum Gasteiger partial charge on any atom is 0.119 e. The first-order chi connectivity index (χ1) is 12.8. The van der Waals surface area contributed by atoms with E-state index in [2.05, 4.69) is 90.3 Å². The summed E-state index contributed by atoms with van der Waals surface area (Å²) in [6.45, 7) is 18.1. The molecular formula is C25H39NOSi. The van der Waals surface area contributed by atoms with Crippen LogP contribution in [-0.4, -0.2) is 20.2 Å². The molecule has 0 saturated carbocycles. The number of rotatable bonds is 5. The normalized spacial score (nSPS) is 12.9. The number of nitrogens with one attached hydrogen (secondary N) is 1. The zero-order valence-corrected chi connectivity index (χ0v) is 20.3. The van der Waals surface area contributed by atoms with Gasteiger partial charge in [0.05, 0.1) is 8.07 Å². The molecule has 0 aliphatic heterocycles. The zero-order valence-electron chi connectivity index (χ0n) is 19.3. The summed E-state index contributed by atoms with van der Waals surface area (Å²) in [6, 6.07) is 14.4. The van der Waals surface area contributed by atoms with Gasteiger partial charge < -0.3 is 10.4 Å². The van der Waals surface area contributed by atoms with Crippen molar-refractivity contribution in [3.63, 3.8) is 0 Å². The third kappa shape index (κ3) is 5.19. The van der Waals surface area contributed by atoms with Crippen LogP contribution < -0.4 is 10.5 Å². The largest absolute Gasteiger partial charge is 0.508 e. The summed E-state index contributed by atoms with van der Waals surface area (Å²) in [4.78, 5) is 0. The standard InChI is InChI=1S/C25H39NOSi/c1-24(2,3)21-17-23(27)22(25(4,5)6)16-18(21)14-15-28(8,9)20-12-10-19(26-7)11-13-20/h10-13,16-17,26-27H,14-15H2,1-9H3. The highest BCUT2D eigenvalue weighted by Crippen LogP contribution is 2.38. The molecule has 28 heavy (non-hydrogen) atoms. The highest BCUT2D eigenvalue weighted by molar-refractivity contribution is 6.89. The third-order valence-corrected chi connectivity index (χ3v) is 9.21. The van der Waals surface area contributed by atoms with Crippen molar-refractivity contribution in [3.8, 4) is 5.75 Å². The molecule has 0 aliphatic carbocycles. The average molecular weight is 398 g/mol. The molecule has 0 unspecified atom stereocenters. The van der Waals surface area contributed by atoms with E-state index in [9.17, 15) is 5.11 Å². The highest BCUT2D eigenvalue weighted by atomic mass is 28.3. The Kier molecular flexibility index (Phi) is 6.39. The molecule has 2 aromatic rings. The Labute approximate surface area is 173 Å². The minimum absolute atomic E-state index is 0.0172. The molecule has 2 N–H and O–H groups in total. The summed E-state index contributed by atoms with van der Waals surface area (Å²) >= 11 is 0. The van der Waals surface area contributed by atoms with Crippen LogP contribution in [0.1, 0.15) is 58.2 Å². The molecule has 0 spiro atoms. The van der Waals surface area contributed by atoms with Gasteiger partial charge in [0.1, 0.15) is 5.75 Å². The lowest BCUT2D eigenvalue weighted by Gasteiger charge is -2.30. The lowest BCUT2D eigenvalue weighted by Crippen LogP contribution is -2.41. The molecule has 0 atom stereocenters. The summed E-state index contributed by atoms with van der Waals surface area (Å²) in [7, 11) is 0.414. The number of benzene rings is 2. The van der Waals surface area contributed by atoms with Gasteiger partial charge in [-0.05, 0) is 58.2 Å². The van der Waals surface area contributed by atoms with E-state index >= 15 is 0 Å². The highest BCUT2D eigenvalue weighted by Gasteiger charge is 2.28. The van der Waals surface area contributed by atoms with E-state index in [0.717, 1.165) is 17.7 Å². The summed E-state index contributed by atoms with van der Waals surface area (Å²) in [5.41, 5.74) is 4.83. The average Bonchev–Trinajstić information content (AvgIpc) is 2.58. The van der Waals surface area contributed by atoms with Crippen molar-refractivity contribution in [3.05, 3.63) is 53.1 Å². The minimum Gasteiger partial charge on any atom is -0.508 e. The van der Waals surface area contributed by atoms with Gasteiger partial charge in [-0.1, -0.05) is 78.0 Å². The van der Waals surface area contributed by atoms with Crippen LogP contribution in [0, 0.1) is 0 Å². The monoisotopic (exact) mass is 397 g/mol. The van der Waals surface area contributed by atoms with Gasteiger partial charge in [-0.2, -0.15) is 0 Å². The Morgan fingerprint density at radius 1 is 0.857 bits per heavy atom. The predicted molar refractivity (Wildman–Crippen MR) is 127 cm³/mol. The lowest BCUT2D eigenvalue weighted by atomic mass is 9.78. The number of aromatic hydroxyl groups is 1. The molecule has 154 valence electrons. The van der Waals surface area contributed by atoms with Gasteiger partial charge in [0.25, 0.3) is 0 Å². The maximum absolute atomic E-state index is 10.7. The lowest BCUT2D eigenvalue weighted by molar-refractivity contribution is 0.442. The molecule has 0 amide bonds. The molecule has 0 aliphatic rings. The SMILES string of the molecule is CNc1ccc([Si](C)(C)CCc2cc(C(C)(C)C)c(O)cc2C(C)(C)C)cc1. The van der Waals surface area contributed by atoms with Gasteiger partial charge in [-0.3, -0.25) is 0 Å². The Morgan fingerprint density at radius 3 is 1.86 bits per heavy atom. The molecule has 2 aromatic carbocycles. The molecule has 0 saturated heterocycles. The molecule has 0 heterocycles. The van der Waals surface area contributed by atoms with Crippen LogP contribution in [0.15, 0.2) is 36.4 Å². The second kappa shape index (κ2) is 7.94. The summed E-state index contributed by atoms with van der Waals surface area (Å²) in [6.07, 6.45) is 1.06. The molecule has 0 bridgehead atoms. The van der Waals surface area contributed by atoms with E-state index in [-0.39, 0.29) is 10.8 Å². The van der Waals surface area contributed by atoms with E-state index in [1.54, 1.807) is 0 Å². The third-order valence-electron chi connectivity index (χ3n) is 5.81. The van der Waals surface area contributed by atoms with E-state index < -0.39 is 8.07 Å². The molecule has 3 heteroatoms.